The molecule has 1 aliphatic heterocycles. The number of carbonyl (C=O) groups is 2. The fraction of sp³-hybridized carbons (Fsp3) is 0.600. The Balaban J connectivity index is 1.64. The molecule has 8 nitrogen and oxygen atoms in total. The lowest BCUT2D eigenvalue weighted by atomic mass is 10.2. The highest BCUT2D eigenvalue weighted by Gasteiger charge is 2.26. The Hall–Kier alpha value is -1.68. The zero-order valence-electron chi connectivity index (χ0n) is 16.9. The second kappa shape index (κ2) is 10.1. The van der Waals surface area contributed by atoms with Crippen LogP contribution in [0.2, 0.25) is 5.02 Å². The van der Waals surface area contributed by atoms with E-state index in [1.807, 2.05) is 0 Å². The van der Waals surface area contributed by atoms with Gasteiger partial charge >= 0.3 is 5.97 Å². The molecule has 1 aromatic carbocycles. The van der Waals surface area contributed by atoms with Gasteiger partial charge in [0.05, 0.1) is 16.7 Å². The highest BCUT2D eigenvalue weighted by Crippen LogP contribution is 2.24. The lowest BCUT2D eigenvalue weighted by molar-refractivity contribution is -0.129. The number of benzene rings is 1. The fourth-order valence-corrected chi connectivity index (χ4v) is 5.18. The highest BCUT2D eigenvalue weighted by atomic mass is 35.5. The molecule has 2 fully saturated rings. The van der Waals surface area contributed by atoms with Crippen molar-refractivity contribution in [2.45, 2.75) is 68.6 Å². The first kappa shape index (κ1) is 23.0. The number of nitrogens with one attached hydrogen (secondary N) is 2. The molecule has 0 aromatic heterocycles. The molecule has 2 unspecified atom stereocenters. The van der Waals surface area contributed by atoms with E-state index in [4.69, 9.17) is 21.1 Å². The van der Waals surface area contributed by atoms with E-state index >= 15 is 0 Å². The molecule has 166 valence electrons. The van der Waals surface area contributed by atoms with Gasteiger partial charge in [-0.05, 0) is 50.8 Å². The largest absolute Gasteiger partial charge is 0.449 e. The van der Waals surface area contributed by atoms with Gasteiger partial charge in [0.2, 0.25) is 10.0 Å². The normalized spacial score (nSPS) is 20.8. The Kier molecular flexibility index (Phi) is 7.73. The minimum absolute atomic E-state index is 0.00240. The van der Waals surface area contributed by atoms with Crippen LogP contribution in [-0.2, 0) is 24.3 Å². The summed E-state index contributed by atoms with van der Waals surface area (Å²) in [5, 5.41) is 2.85. The molecule has 3 rings (SSSR count). The van der Waals surface area contributed by atoms with Crippen LogP contribution in [0.1, 0.15) is 55.8 Å². The van der Waals surface area contributed by atoms with Crippen molar-refractivity contribution in [1.82, 2.24) is 10.0 Å². The lowest BCUT2D eigenvalue weighted by Gasteiger charge is -2.17. The zero-order chi connectivity index (χ0) is 21.7. The highest BCUT2D eigenvalue weighted by molar-refractivity contribution is 7.89. The minimum Gasteiger partial charge on any atom is -0.449 e. The summed E-state index contributed by atoms with van der Waals surface area (Å²) >= 11 is 6.07. The first-order chi connectivity index (χ1) is 14.3. The molecule has 0 bridgehead atoms. The summed E-state index contributed by atoms with van der Waals surface area (Å²) in [7, 11) is -3.94. The van der Waals surface area contributed by atoms with Crippen LogP contribution >= 0.6 is 11.6 Å². The van der Waals surface area contributed by atoms with Crippen LogP contribution in [0.5, 0.6) is 0 Å². The van der Waals surface area contributed by atoms with Crippen molar-refractivity contribution in [3.8, 4) is 0 Å². The number of amides is 1. The topological polar surface area (TPSA) is 111 Å². The van der Waals surface area contributed by atoms with Gasteiger partial charge in [0.15, 0.2) is 6.10 Å². The van der Waals surface area contributed by atoms with Gasteiger partial charge in [0.1, 0.15) is 4.90 Å². The van der Waals surface area contributed by atoms with Crippen LogP contribution in [0.4, 0.5) is 0 Å². The maximum absolute atomic E-state index is 12.6. The summed E-state index contributed by atoms with van der Waals surface area (Å²) in [6.07, 6.45) is 4.49. The van der Waals surface area contributed by atoms with Crippen molar-refractivity contribution in [2.75, 3.05) is 13.2 Å². The van der Waals surface area contributed by atoms with Crippen LogP contribution < -0.4 is 10.0 Å². The van der Waals surface area contributed by atoms with Crippen LogP contribution in [0.3, 0.4) is 0 Å². The number of ether oxygens (including phenoxy) is 2. The van der Waals surface area contributed by atoms with Crippen molar-refractivity contribution < 1.29 is 27.5 Å². The van der Waals surface area contributed by atoms with Gasteiger partial charge < -0.3 is 14.8 Å². The Morgan fingerprint density at radius 1 is 1.23 bits per heavy atom. The molecule has 1 saturated carbocycles. The number of carbonyl (C=O) groups excluding carboxylic acids is 2. The van der Waals surface area contributed by atoms with E-state index in [0.717, 1.165) is 44.6 Å². The van der Waals surface area contributed by atoms with E-state index in [1.54, 1.807) is 0 Å². The van der Waals surface area contributed by atoms with Crippen LogP contribution in [0.15, 0.2) is 23.1 Å². The number of hydrogen-bond acceptors (Lipinski definition) is 6. The smallest absolute Gasteiger partial charge is 0.338 e. The molecule has 1 aliphatic carbocycles. The number of esters is 1. The summed E-state index contributed by atoms with van der Waals surface area (Å²) < 4.78 is 38.4. The molecule has 1 amide bonds. The average molecular weight is 459 g/mol. The molecular weight excluding hydrogens is 432 g/mol. The molecule has 1 aromatic rings. The third-order valence-electron chi connectivity index (χ3n) is 5.34. The number of sulfonamides is 1. The van der Waals surface area contributed by atoms with Gasteiger partial charge in [-0.25, -0.2) is 17.9 Å². The minimum atomic E-state index is -3.94. The van der Waals surface area contributed by atoms with Crippen molar-refractivity contribution in [2.24, 2.45) is 0 Å². The molecule has 1 heterocycles. The van der Waals surface area contributed by atoms with E-state index in [-0.39, 0.29) is 40.1 Å². The Bertz CT molecular complexity index is 879. The van der Waals surface area contributed by atoms with Crippen molar-refractivity contribution in [3.63, 3.8) is 0 Å². The number of hydrogen-bond donors (Lipinski definition) is 2. The van der Waals surface area contributed by atoms with Crippen LogP contribution in [-0.4, -0.2) is 51.7 Å². The second-order valence-corrected chi connectivity index (χ2v) is 9.81. The van der Waals surface area contributed by atoms with Gasteiger partial charge in [0, 0.05) is 19.2 Å². The van der Waals surface area contributed by atoms with Crippen molar-refractivity contribution >= 4 is 33.5 Å². The molecule has 2 aliphatic rings. The SMILES string of the molecule is CC(OC(=O)c1ccc(Cl)c(S(=O)(=O)NCC2CCCO2)c1)C(=O)NC1CCCC1. The fourth-order valence-electron chi connectivity index (χ4n) is 3.59. The van der Waals surface area contributed by atoms with Gasteiger partial charge in [-0.15, -0.1) is 0 Å². The third kappa shape index (κ3) is 5.94. The molecule has 2 atom stereocenters. The molecule has 10 heteroatoms. The predicted molar refractivity (Wildman–Crippen MR) is 111 cm³/mol. The zero-order valence-corrected chi connectivity index (χ0v) is 18.4. The van der Waals surface area contributed by atoms with E-state index in [9.17, 15) is 18.0 Å². The first-order valence-electron chi connectivity index (χ1n) is 10.2. The molecule has 1 saturated heterocycles. The van der Waals surface area contributed by atoms with Gasteiger partial charge in [-0.1, -0.05) is 24.4 Å². The second-order valence-electron chi connectivity index (χ2n) is 7.67. The van der Waals surface area contributed by atoms with Crippen molar-refractivity contribution in [3.05, 3.63) is 28.8 Å². The summed E-state index contributed by atoms with van der Waals surface area (Å²) in [5.74, 6) is -1.16. The van der Waals surface area contributed by atoms with Crippen LogP contribution in [0.25, 0.3) is 0 Å². The quantitative estimate of drug-likeness (QED) is 0.579. The van der Waals surface area contributed by atoms with Gasteiger partial charge in [-0.3, -0.25) is 4.79 Å². The Morgan fingerprint density at radius 3 is 2.63 bits per heavy atom. The Morgan fingerprint density at radius 2 is 1.97 bits per heavy atom. The molecule has 30 heavy (non-hydrogen) atoms. The monoisotopic (exact) mass is 458 g/mol. The summed E-state index contributed by atoms with van der Waals surface area (Å²) in [5.41, 5.74) is -0.00240. The molecule has 0 radical (unpaired) electrons. The lowest BCUT2D eigenvalue weighted by Crippen LogP contribution is -2.40. The Labute approximate surface area is 181 Å². The average Bonchev–Trinajstić information content (AvgIpc) is 3.40. The first-order valence-corrected chi connectivity index (χ1v) is 12.0. The summed E-state index contributed by atoms with van der Waals surface area (Å²) in [4.78, 5) is 24.5. The van der Waals surface area contributed by atoms with E-state index in [1.165, 1.54) is 19.1 Å². The van der Waals surface area contributed by atoms with Crippen LogP contribution in [0, 0.1) is 0 Å². The van der Waals surface area contributed by atoms with Gasteiger partial charge in [-0.2, -0.15) is 0 Å². The number of halogens is 1. The molecular formula is C20H27ClN2O6S. The molecule has 2 N–H and O–H groups in total. The van der Waals surface area contributed by atoms with Gasteiger partial charge in [0.25, 0.3) is 5.91 Å². The van der Waals surface area contributed by atoms with E-state index in [0.29, 0.717) is 6.61 Å². The van der Waals surface area contributed by atoms with Crippen molar-refractivity contribution in [1.29, 1.82) is 0 Å². The van der Waals surface area contributed by atoms with E-state index in [2.05, 4.69) is 10.0 Å². The summed E-state index contributed by atoms with van der Waals surface area (Å²) in [6, 6.07) is 3.96. The standard InChI is InChI=1S/C20H27ClN2O6S/c1-13(19(24)23-15-5-2-3-6-15)29-20(25)14-8-9-17(21)18(11-14)30(26,27)22-12-16-7-4-10-28-16/h8-9,11,13,15-16,22H,2-7,10,12H2,1H3,(H,23,24). The maximum atomic E-state index is 12.6. The maximum Gasteiger partial charge on any atom is 0.338 e. The summed E-state index contributed by atoms with van der Waals surface area (Å²) in [6.45, 7) is 2.23. The molecule has 0 spiro atoms. The van der Waals surface area contributed by atoms with E-state index < -0.39 is 22.1 Å². The third-order valence-corrected chi connectivity index (χ3v) is 7.24. The predicted octanol–water partition coefficient (Wildman–Crippen LogP) is 2.40. The number of rotatable bonds is 8.